The van der Waals surface area contributed by atoms with Crippen molar-refractivity contribution in [1.29, 1.82) is 0 Å². The van der Waals surface area contributed by atoms with Crippen LogP contribution in [-0.2, 0) is 0 Å². The maximum absolute atomic E-state index is 4.49. The van der Waals surface area contributed by atoms with Crippen LogP contribution in [0.3, 0.4) is 0 Å². The smallest absolute Gasteiger partial charge is 0.194 e. The van der Waals surface area contributed by atoms with Gasteiger partial charge in [-0.2, -0.15) is 0 Å². The highest BCUT2D eigenvalue weighted by Gasteiger charge is 2.19. The number of likely N-dealkylation sites (N-methyl/N-ethyl adjacent to an activating group) is 1. The van der Waals surface area contributed by atoms with Gasteiger partial charge in [-0.3, -0.25) is 4.99 Å². The zero-order chi connectivity index (χ0) is 9.80. The Morgan fingerprint density at radius 1 is 1.50 bits per heavy atom. The van der Waals surface area contributed by atoms with Crippen molar-refractivity contribution in [2.75, 3.05) is 32.7 Å². The van der Waals surface area contributed by atoms with Gasteiger partial charge >= 0.3 is 0 Å². The van der Waals surface area contributed by atoms with Crippen molar-refractivity contribution >= 4 is 5.96 Å². The molecule has 0 amide bonds. The second kappa shape index (κ2) is 4.64. The van der Waals surface area contributed by atoms with E-state index in [-0.39, 0.29) is 0 Å². The monoisotopic (exact) mass is 196 g/mol. The normalized spacial score (nSPS) is 23.8. The first-order valence-electron chi connectivity index (χ1n) is 5.67. The van der Waals surface area contributed by atoms with E-state index >= 15 is 0 Å². The van der Waals surface area contributed by atoms with Crippen molar-refractivity contribution in [3.05, 3.63) is 0 Å². The molecule has 0 unspecified atom stereocenters. The van der Waals surface area contributed by atoms with E-state index in [1.807, 2.05) is 0 Å². The molecule has 1 fully saturated rings. The SMILES string of the molecule is CCN1CCN=C1NC1CCNCC1. The van der Waals surface area contributed by atoms with Gasteiger partial charge in [0, 0.05) is 19.1 Å². The highest BCUT2D eigenvalue weighted by Crippen LogP contribution is 2.05. The maximum Gasteiger partial charge on any atom is 0.194 e. The number of nitrogens with zero attached hydrogens (tertiary/aromatic N) is 2. The molecule has 0 radical (unpaired) electrons. The molecule has 0 spiro atoms. The Morgan fingerprint density at radius 2 is 2.29 bits per heavy atom. The summed E-state index contributed by atoms with van der Waals surface area (Å²) >= 11 is 0. The van der Waals surface area contributed by atoms with Crippen LogP contribution in [0, 0.1) is 0 Å². The first kappa shape index (κ1) is 9.77. The summed E-state index contributed by atoms with van der Waals surface area (Å²) in [5, 5.41) is 6.93. The number of aliphatic imine (C=N–C) groups is 1. The summed E-state index contributed by atoms with van der Waals surface area (Å²) in [5.74, 6) is 1.12. The van der Waals surface area contributed by atoms with E-state index in [4.69, 9.17) is 0 Å². The van der Waals surface area contributed by atoms with Crippen LogP contribution >= 0.6 is 0 Å². The molecule has 2 aliphatic rings. The summed E-state index contributed by atoms with van der Waals surface area (Å²) in [4.78, 5) is 6.81. The van der Waals surface area contributed by atoms with Gasteiger partial charge in [-0.05, 0) is 32.9 Å². The van der Waals surface area contributed by atoms with Gasteiger partial charge in [0.05, 0.1) is 6.54 Å². The molecular weight excluding hydrogens is 176 g/mol. The van der Waals surface area contributed by atoms with Gasteiger partial charge < -0.3 is 15.5 Å². The molecule has 2 aliphatic heterocycles. The zero-order valence-electron chi connectivity index (χ0n) is 8.92. The molecule has 2 heterocycles. The third-order valence-corrected chi connectivity index (χ3v) is 2.99. The Hall–Kier alpha value is -0.770. The molecule has 4 nitrogen and oxygen atoms in total. The molecule has 0 bridgehead atoms. The molecule has 0 aromatic carbocycles. The molecule has 0 atom stereocenters. The van der Waals surface area contributed by atoms with Crippen molar-refractivity contribution in [3.63, 3.8) is 0 Å². The summed E-state index contributed by atoms with van der Waals surface area (Å²) in [5.41, 5.74) is 0. The second-order valence-electron chi connectivity index (χ2n) is 3.95. The molecule has 0 aromatic rings. The molecule has 80 valence electrons. The Labute approximate surface area is 85.8 Å². The van der Waals surface area contributed by atoms with Crippen LogP contribution in [0.15, 0.2) is 4.99 Å². The van der Waals surface area contributed by atoms with E-state index in [0.717, 1.165) is 38.7 Å². The van der Waals surface area contributed by atoms with Crippen molar-refractivity contribution in [2.45, 2.75) is 25.8 Å². The maximum atomic E-state index is 4.49. The highest BCUT2D eigenvalue weighted by molar-refractivity contribution is 5.81. The van der Waals surface area contributed by atoms with E-state index in [9.17, 15) is 0 Å². The van der Waals surface area contributed by atoms with E-state index < -0.39 is 0 Å². The topological polar surface area (TPSA) is 39.7 Å². The summed E-state index contributed by atoms with van der Waals surface area (Å²) in [6, 6.07) is 0.627. The quantitative estimate of drug-likeness (QED) is 0.654. The average Bonchev–Trinajstić information content (AvgIpc) is 2.67. The van der Waals surface area contributed by atoms with E-state index in [1.54, 1.807) is 0 Å². The van der Waals surface area contributed by atoms with Gasteiger partial charge in [-0.25, -0.2) is 0 Å². The molecule has 2 rings (SSSR count). The number of guanidine groups is 1. The van der Waals surface area contributed by atoms with Crippen molar-refractivity contribution < 1.29 is 0 Å². The van der Waals surface area contributed by atoms with Crippen LogP contribution in [0.25, 0.3) is 0 Å². The minimum Gasteiger partial charge on any atom is -0.353 e. The summed E-state index contributed by atoms with van der Waals surface area (Å²) in [6.07, 6.45) is 2.44. The molecule has 0 aliphatic carbocycles. The third kappa shape index (κ3) is 2.18. The van der Waals surface area contributed by atoms with E-state index in [1.165, 1.54) is 12.8 Å². The van der Waals surface area contributed by atoms with Crippen molar-refractivity contribution in [2.24, 2.45) is 4.99 Å². The Balaban J connectivity index is 1.83. The molecule has 1 saturated heterocycles. The number of hydrogen-bond donors (Lipinski definition) is 2. The standard InChI is InChI=1S/C10H20N4/c1-2-14-8-7-12-10(14)13-9-3-5-11-6-4-9/h9,11H,2-8H2,1H3,(H,12,13). The number of rotatable bonds is 2. The van der Waals surface area contributed by atoms with Gasteiger partial charge in [-0.1, -0.05) is 0 Å². The molecule has 2 N–H and O–H groups in total. The minimum absolute atomic E-state index is 0.627. The molecule has 0 saturated carbocycles. The fourth-order valence-electron chi connectivity index (χ4n) is 2.08. The zero-order valence-corrected chi connectivity index (χ0v) is 8.92. The first-order valence-corrected chi connectivity index (χ1v) is 5.67. The highest BCUT2D eigenvalue weighted by atomic mass is 15.3. The average molecular weight is 196 g/mol. The second-order valence-corrected chi connectivity index (χ2v) is 3.95. The van der Waals surface area contributed by atoms with Gasteiger partial charge in [0.2, 0.25) is 0 Å². The van der Waals surface area contributed by atoms with Crippen LogP contribution in [0.2, 0.25) is 0 Å². The largest absolute Gasteiger partial charge is 0.353 e. The molecular formula is C10H20N4. The van der Waals surface area contributed by atoms with Crippen molar-refractivity contribution in [3.8, 4) is 0 Å². The summed E-state index contributed by atoms with van der Waals surface area (Å²) in [7, 11) is 0. The number of piperidine rings is 1. The Kier molecular flexibility index (Phi) is 3.24. The lowest BCUT2D eigenvalue weighted by atomic mass is 10.1. The molecule has 0 aromatic heterocycles. The fraction of sp³-hybridized carbons (Fsp3) is 0.900. The molecule has 4 heteroatoms. The lowest BCUT2D eigenvalue weighted by Gasteiger charge is -2.27. The summed E-state index contributed by atoms with van der Waals surface area (Å²) < 4.78 is 0. The first-order chi connectivity index (χ1) is 6.90. The van der Waals surface area contributed by atoms with Crippen LogP contribution in [0.5, 0.6) is 0 Å². The van der Waals surface area contributed by atoms with Gasteiger partial charge in [-0.15, -0.1) is 0 Å². The fourth-order valence-corrected chi connectivity index (χ4v) is 2.08. The Bertz CT molecular complexity index is 208. The third-order valence-electron chi connectivity index (χ3n) is 2.99. The van der Waals surface area contributed by atoms with Crippen LogP contribution in [0.1, 0.15) is 19.8 Å². The van der Waals surface area contributed by atoms with Gasteiger partial charge in [0.15, 0.2) is 5.96 Å². The van der Waals surface area contributed by atoms with Gasteiger partial charge in [0.25, 0.3) is 0 Å². The van der Waals surface area contributed by atoms with E-state index in [2.05, 4.69) is 27.4 Å². The minimum atomic E-state index is 0.627. The van der Waals surface area contributed by atoms with Crippen LogP contribution in [-0.4, -0.2) is 49.6 Å². The Morgan fingerprint density at radius 3 is 3.00 bits per heavy atom. The lowest BCUT2D eigenvalue weighted by Crippen LogP contribution is -2.47. The lowest BCUT2D eigenvalue weighted by molar-refractivity contribution is 0.400. The van der Waals surface area contributed by atoms with E-state index in [0.29, 0.717) is 6.04 Å². The van der Waals surface area contributed by atoms with Crippen molar-refractivity contribution in [1.82, 2.24) is 15.5 Å². The predicted molar refractivity (Wildman–Crippen MR) is 58.6 cm³/mol. The predicted octanol–water partition coefficient (Wildman–Crippen LogP) is 0.0195. The molecule has 14 heavy (non-hydrogen) atoms. The number of nitrogens with one attached hydrogen (secondary N) is 2. The summed E-state index contributed by atoms with van der Waals surface area (Å²) in [6.45, 7) is 7.57. The van der Waals surface area contributed by atoms with Crippen LogP contribution < -0.4 is 10.6 Å². The number of hydrogen-bond acceptors (Lipinski definition) is 4. The van der Waals surface area contributed by atoms with Gasteiger partial charge in [0.1, 0.15) is 0 Å². The van der Waals surface area contributed by atoms with Crippen LogP contribution in [0.4, 0.5) is 0 Å².